The summed E-state index contributed by atoms with van der Waals surface area (Å²) in [5.74, 6) is -5.67. The van der Waals surface area contributed by atoms with Crippen LogP contribution in [0.25, 0.3) is 0 Å². The summed E-state index contributed by atoms with van der Waals surface area (Å²) in [6, 6.07) is -0.180. The van der Waals surface area contributed by atoms with E-state index >= 15 is 0 Å². The SMILES string of the molecule is CC1COCC1NCC(F)(F)C(=O)O. The van der Waals surface area contributed by atoms with E-state index in [-0.39, 0.29) is 12.0 Å². The van der Waals surface area contributed by atoms with Crippen molar-refractivity contribution in [3.05, 3.63) is 0 Å². The number of hydrogen-bond donors (Lipinski definition) is 2. The first-order valence-electron chi connectivity index (χ1n) is 4.36. The van der Waals surface area contributed by atoms with Crippen LogP contribution in [0, 0.1) is 5.92 Å². The second-order valence-electron chi connectivity index (χ2n) is 3.51. The molecule has 2 N–H and O–H groups in total. The van der Waals surface area contributed by atoms with Crippen molar-refractivity contribution in [3.63, 3.8) is 0 Å². The van der Waals surface area contributed by atoms with E-state index in [1.165, 1.54) is 0 Å². The molecule has 14 heavy (non-hydrogen) atoms. The summed E-state index contributed by atoms with van der Waals surface area (Å²) in [6.07, 6.45) is 0. The van der Waals surface area contributed by atoms with E-state index in [9.17, 15) is 13.6 Å². The molecule has 0 aromatic heterocycles. The minimum absolute atomic E-state index is 0.139. The number of ether oxygens (including phenoxy) is 1. The van der Waals surface area contributed by atoms with Gasteiger partial charge >= 0.3 is 11.9 Å². The third kappa shape index (κ3) is 2.62. The average Bonchev–Trinajstić information content (AvgIpc) is 2.47. The van der Waals surface area contributed by atoms with Crippen molar-refractivity contribution in [2.45, 2.75) is 18.9 Å². The molecule has 0 spiro atoms. The van der Waals surface area contributed by atoms with Gasteiger partial charge < -0.3 is 15.2 Å². The second-order valence-corrected chi connectivity index (χ2v) is 3.51. The molecule has 2 unspecified atom stereocenters. The number of aliphatic carboxylic acids is 1. The number of rotatable bonds is 4. The van der Waals surface area contributed by atoms with Crippen LogP contribution >= 0.6 is 0 Å². The van der Waals surface area contributed by atoms with Crippen molar-refractivity contribution in [3.8, 4) is 0 Å². The van der Waals surface area contributed by atoms with Gasteiger partial charge in [0.05, 0.1) is 19.8 Å². The molecule has 1 aliphatic rings. The van der Waals surface area contributed by atoms with Crippen LogP contribution in [-0.4, -0.2) is 42.8 Å². The Kier molecular flexibility index (Phi) is 3.38. The third-order valence-corrected chi connectivity index (χ3v) is 2.26. The fourth-order valence-corrected chi connectivity index (χ4v) is 1.26. The third-order valence-electron chi connectivity index (χ3n) is 2.26. The standard InChI is InChI=1S/C8H13F2NO3/c1-5-2-14-3-6(5)11-4-8(9,10)7(12)13/h5-6,11H,2-4H2,1H3,(H,12,13). The van der Waals surface area contributed by atoms with Gasteiger partial charge in [-0.3, -0.25) is 0 Å². The van der Waals surface area contributed by atoms with Crippen LogP contribution in [-0.2, 0) is 9.53 Å². The Hall–Kier alpha value is -0.750. The van der Waals surface area contributed by atoms with Gasteiger partial charge in [-0.05, 0) is 5.92 Å². The van der Waals surface area contributed by atoms with Gasteiger partial charge in [-0.25, -0.2) is 4.79 Å². The summed E-state index contributed by atoms with van der Waals surface area (Å²) in [5.41, 5.74) is 0. The summed E-state index contributed by atoms with van der Waals surface area (Å²) in [4.78, 5) is 10.1. The zero-order valence-corrected chi connectivity index (χ0v) is 7.80. The van der Waals surface area contributed by atoms with E-state index < -0.39 is 18.4 Å². The number of hydrogen-bond acceptors (Lipinski definition) is 3. The van der Waals surface area contributed by atoms with Crippen molar-refractivity contribution in [2.75, 3.05) is 19.8 Å². The molecule has 0 aromatic carbocycles. The van der Waals surface area contributed by atoms with Crippen LogP contribution in [0.5, 0.6) is 0 Å². The quantitative estimate of drug-likeness (QED) is 0.700. The van der Waals surface area contributed by atoms with E-state index in [4.69, 9.17) is 9.84 Å². The van der Waals surface area contributed by atoms with Crippen molar-refractivity contribution in [1.29, 1.82) is 0 Å². The van der Waals surface area contributed by atoms with Gasteiger partial charge in [0, 0.05) is 6.04 Å². The molecule has 0 amide bonds. The minimum Gasteiger partial charge on any atom is -0.477 e. The molecule has 2 atom stereocenters. The molecule has 6 heteroatoms. The fourth-order valence-electron chi connectivity index (χ4n) is 1.26. The van der Waals surface area contributed by atoms with E-state index in [0.29, 0.717) is 13.2 Å². The van der Waals surface area contributed by atoms with Crippen molar-refractivity contribution >= 4 is 5.97 Å². The summed E-state index contributed by atoms with van der Waals surface area (Å²) < 4.78 is 30.3. The Morgan fingerprint density at radius 3 is 2.71 bits per heavy atom. The lowest BCUT2D eigenvalue weighted by Gasteiger charge is -2.18. The summed E-state index contributed by atoms with van der Waals surface area (Å²) >= 11 is 0. The largest absolute Gasteiger partial charge is 0.477 e. The number of nitrogens with one attached hydrogen (secondary N) is 1. The Morgan fingerprint density at radius 2 is 2.29 bits per heavy atom. The van der Waals surface area contributed by atoms with Gasteiger partial charge in [0.25, 0.3) is 0 Å². The van der Waals surface area contributed by atoms with Gasteiger partial charge in [-0.1, -0.05) is 6.92 Å². The topological polar surface area (TPSA) is 58.6 Å². The fraction of sp³-hybridized carbons (Fsp3) is 0.875. The van der Waals surface area contributed by atoms with Gasteiger partial charge in [-0.15, -0.1) is 0 Å². The Labute approximate surface area is 80.2 Å². The maximum Gasteiger partial charge on any atom is 0.375 e. The molecule has 1 rings (SSSR count). The first-order valence-corrected chi connectivity index (χ1v) is 4.36. The summed E-state index contributed by atoms with van der Waals surface area (Å²) in [5, 5.41) is 10.7. The van der Waals surface area contributed by atoms with Gasteiger partial charge in [0.1, 0.15) is 0 Å². The Morgan fingerprint density at radius 1 is 1.64 bits per heavy atom. The molecular weight excluding hydrogens is 196 g/mol. The molecule has 0 aliphatic carbocycles. The maximum atomic E-state index is 12.6. The van der Waals surface area contributed by atoms with E-state index in [1.807, 2.05) is 6.92 Å². The molecule has 1 aliphatic heterocycles. The Bertz CT molecular complexity index is 223. The van der Waals surface area contributed by atoms with Crippen LogP contribution in [0.15, 0.2) is 0 Å². The van der Waals surface area contributed by atoms with Crippen LogP contribution in [0.3, 0.4) is 0 Å². The highest BCUT2D eigenvalue weighted by atomic mass is 19.3. The van der Waals surface area contributed by atoms with E-state index in [0.717, 1.165) is 0 Å². The van der Waals surface area contributed by atoms with Crippen LogP contribution in [0.4, 0.5) is 8.78 Å². The molecule has 1 saturated heterocycles. The summed E-state index contributed by atoms with van der Waals surface area (Å²) in [7, 11) is 0. The highest BCUT2D eigenvalue weighted by Gasteiger charge is 2.39. The first kappa shape index (κ1) is 11.3. The van der Waals surface area contributed by atoms with E-state index in [2.05, 4.69) is 5.32 Å². The zero-order valence-electron chi connectivity index (χ0n) is 7.80. The molecule has 82 valence electrons. The first-order chi connectivity index (χ1) is 6.43. The average molecular weight is 209 g/mol. The normalized spacial score (nSPS) is 27.9. The van der Waals surface area contributed by atoms with Gasteiger partial charge in [0.15, 0.2) is 0 Å². The smallest absolute Gasteiger partial charge is 0.375 e. The number of halogens is 2. The van der Waals surface area contributed by atoms with Crippen molar-refractivity contribution in [1.82, 2.24) is 5.32 Å². The van der Waals surface area contributed by atoms with Crippen LogP contribution in [0.1, 0.15) is 6.92 Å². The van der Waals surface area contributed by atoms with Crippen molar-refractivity contribution < 1.29 is 23.4 Å². The lowest BCUT2D eigenvalue weighted by Crippen LogP contribution is -2.45. The van der Waals surface area contributed by atoms with Crippen LogP contribution < -0.4 is 5.32 Å². The molecule has 0 bridgehead atoms. The second kappa shape index (κ2) is 4.18. The zero-order chi connectivity index (χ0) is 10.8. The van der Waals surface area contributed by atoms with Crippen LogP contribution in [0.2, 0.25) is 0 Å². The predicted octanol–water partition coefficient (Wildman–Crippen LogP) is 0.331. The number of alkyl halides is 2. The van der Waals surface area contributed by atoms with Gasteiger partial charge in [0.2, 0.25) is 0 Å². The molecule has 1 fully saturated rings. The highest BCUT2D eigenvalue weighted by molar-refractivity contribution is 5.75. The number of carboxylic acids is 1. The predicted molar refractivity (Wildman–Crippen MR) is 44.4 cm³/mol. The monoisotopic (exact) mass is 209 g/mol. The maximum absolute atomic E-state index is 12.6. The molecule has 4 nitrogen and oxygen atoms in total. The molecule has 0 radical (unpaired) electrons. The Balaban J connectivity index is 2.36. The number of carbonyl (C=O) groups is 1. The molecule has 0 saturated carbocycles. The van der Waals surface area contributed by atoms with E-state index in [1.54, 1.807) is 0 Å². The van der Waals surface area contributed by atoms with Crippen molar-refractivity contribution in [2.24, 2.45) is 5.92 Å². The lowest BCUT2D eigenvalue weighted by molar-refractivity contribution is -0.164. The number of carboxylic acid groups (broad SMARTS) is 1. The van der Waals surface area contributed by atoms with Gasteiger partial charge in [-0.2, -0.15) is 8.78 Å². The molecular formula is C8H13F2NO3. The highest BCUT2D eigenvalue weighted by Crippen LogP contribution is 2.16. The summed E-state index contributed by atoms with van der Waals surface area (Å²) in [6.45, 7) is 1.90. The molecule has 0 aromatic rings. The lowest BCUT2D eigenvalue weighted by atomic mass is 10.1. The minimum atomic E-state index is -3.71. The molecule has 1 heterocycles.